The van der Waals surface area contributed by atoms with E-state index in [4.69, 9.17) is 8.37 Å². The van der Waals surface area contributed by atoms with Gasteiger partial charge >= 0.3 is 10.4 Å². The van der Waals surface area contributed by atoms with Crippen molar-refractivity contribution in [2.24, 2.45) is 5.41 Å². The lowest BCUT2D eigenvalue weighted by Gasteiger charge is -2.58. The van der Waals surface area contributed by atoms with Crippen molar-refractivity contribution in [1.29, 1.82) is 0 Å². The van der Waals surface area contributed by atoms with E-state index in [2.05, 4.69) is 6.92 Å². The molecule has 80 valence electrons. The van der Waals surface area contributed by atoms with Crippen molar-refractivity contribution < 1.29 is 16.8 Å². The average Bonchev–Trinajstić information content (AvgIpc) is 1.99. The first kappa shape index (κ1) is 9.08. The van der Waals surface area contributed by atoms with Crippen LogP contribution in [0.3, 0.4) is 0 Å². The molecule has 0 radical (unpaired) electrons. The Bertz CT molecular complexity index is 357. The smallest absolute Gasteiger partial charge is 0.250 e. The molecule has 0 atom stereocenters. The highest BCUT2D eigenvalue weighted by atomic mass is 32.3. The van der Waals surface area contributed by atoms with E-state index in [1.807, 2.05) is 4.90 Å². The highest BCUT2D eigenvalue weighted by Crippen LogP contribution is 2.53. The fourth-order valence-corrected chi connectivity index (χ4v) is 3.68. The highest BCUT2D eigenvalue weighted by Gasteiger charge is 2.63. The number of nitrogens with zero attached hydrogens (tertiary/aromatic N) is 1. The molecule has 0 aromatic carbocycles. The molecule has 0 amide bonds. The third-order valence-electron chi connectivity index (χ3n) is 3.57. The zero-order chi connectivity index (χ0) is 10.0. The maximum absolute atomic E-state index is 10.9. The van der Waals surface area contributed by atoms with E-state index in [9.17, 15) is 8.42 Å². The summed E-state index contributed by atoms with van der Waals surface area (Å²) in [6.07, 6.45) is 2.86. The predicted molar refractivity (Wildman–Crippen MR) is 47.4 cm³/mol. The Labute approximate surface area is 83.3 Å². The molecule has 0 unspecified atom stereocenters. The van der Waals surface area contributed by atoms with Crippen molar-refractivity contribution in [2.45, 2.75) is 32.1 Å². The molecule has 0 aromatic heterocycles. The molecule has 4 rings (SSSR count). The second-order valence-corrected chi connectivity index (χ2v) is 5.91. The number of rotatable bonds is 0. The summed E-state index contributed by atoms with van der Waals surface area (Å²) in [4.78, 5) is 1.99. The summed E-state index contributed by atoms with van der Waals surface area (Å²) in [5, 5.41) is 0. The van der Waals surface area contributed by atoms with Gasteiger partial charge < -0.3 is 0 Å². The first-order valence-corrected chi connectivity index (χ1v) is 6.18. The SMILES string of the molecule is CC12CCN(CC1)C1(C2)OS(=O)(=O)O1. The van der Waals surface area contributed by atoms with Crippen LogP contribution in [0.4, 0.5) is 0 Å². The zero-order valence-electron chi connectivity index (χ0n) is 8.02. The van der Waals surface area contributed by atoms with Crippen LogP contribution >= 0.6 is 0 Å². The minimum Gasteiger partial charge on any atom is -0.250 e. The van der Waals surface area contributed by atoms with Crippen LogP contribution in [0.15, 0.2) is 0 Å². The van der Waals surface area contributed by atoms with Crippen LogP contribution in [0.25, 0.3) is 0 Å². The number of fused-ring (bicyclic) bond motifs is 2. The van der Waals surface area contributed by atoms with Gasteiger partial charge in [-0.1, -0.05) is 6.92 Å². The summed E-state index contributed by atoms with van der Waals surface area (Å²) in [5.41, 5.74) is 0.185. The number of hydrogen-bond acceptors (Lipinski definition) is 5. The first-order valence-electron chi connectivity index (χ1n) is 4.85. The van der Waals surface area contributed by atoms with Gasteiger partial charge in [-0.2, -0.15) is 16.8 Å². The maximum Gasteiger partial charge on any atom is 0.407 e. The van der Waals surface area contributed by atoms with Gasteiger partial charge in [-0.25, -0.2) is 0 Å². The third kappa shape index (κ3) is 1.08. The minimum atomic E-state index is -3.68. The van der Waals surface area contributed by atoms with E-state index in [0.717, 1.165) is 25.9 Å². The van der Waals surface area contributed by atoms with Gasteiger partial charge in [0.25, 0.3) is 5.91 Å². The van der Waals surface area contributed by atoms with Crippen LogP contribution in [0.5, 0.6) is 0 Å². The Morgan fingerprint density at radius 1 is 1.21 bits per heavy atom. The van der Waals surface area contributed by atoms with Crippen LogP contribution in [-0.4, -0.2) is 32.3 Å². The molecule has 0 N–H and O–H groups in total. The maximum atomic E-state index is 10.9. The van der Waals surface area contributed by atoms with Crippen LogP contribution in [0, 0.1) is 5.41 Å². The minimum absolute atomic E-state index is 0.185. The molecule has 0 aliphatic carbocycles. The summed E-state index contributed by atoms with van der Waals surface area (Å²) in [5.74, 6) is -0.940. The fraction of sp³-hybridized carbons (Fsp3) is 1.00. The second kappa shape index (κ2) is 2.32. The molecule has 14 heavy (non-hydrogen) atoms. The largest absolute Gasteiger partial charge is 0.407 e. The molecule has 4 saturated heterocycles. The molecule has 6 heteroatoms. The topological polar surface area (TPSA) is 55.8 Å². The number of piperidine rings is 3. The quantitative estimate of drug-likeness (QED) is 0.591. The Hall–Kier alpha value is -0.170. The fourth-order valence-electron chi connectivity index (χ4n) is 2.70. The van der Waals surface area contributed by atoms with Crippen molar-refractivity contribution in [3.05, 3.63) is 0 Å². The normalized spacial score (nSPS) is 47.6. The molecule has 4 aliphatic rings. The molecule has 0 saturated carbocycles. The molecular weight excluding hydrogens is 206 g/mol. The Morgan fingerprint density at radius 3 is 2.21 bits per heavy atom. The zero-order valence-corrected chi connectivity index (χ0v) is 8.84. The molecule has 0 aromatic rings. The molecule has 1 spiro atoms. The monoisotopic (exact) mass is 219 g/mol. The van der Waals surface area contributed by atoms with Gasteiger partial charge in [0.1, 0.15) is 0 Å². The van der Waals surface area contributed by atoms with E-state index in [1.54, 1.807) is 0 Å². The van der Waals surface area contributed by atoms with Crippen molar-refractivity contribution in [1.82, 2.24) is 4.90 Å². The molecule has 4 heterocycles. The Kier molecular flexibility index (Phi) is 1.50. The third-order valence-corrected chi connectivity index (χ3v) is 4.50. The standard InChI is InChI=1S/C8H13NO4S/c1-7-2-4-9(5-3-7)8(6-7)12-14(10,11)13-8/h2-6H2,1H3. The summed E-state index contributed by atoms with van der Waals surface area (Å²) in [7, 11) is -3.68. The van der Waals surface area contributed by atoms with Crippen LogP contribution in [0.2, 0.25) is 0 Å². The van der Waals surface area contributed by atoms with Gasteiger partial charge in [0.15, 0.2) is 0 Å². The van der Waals surface area contributed by atoms with Gasteiger partial charge in [-0.3, -0.25) is 4.90 Å². The predicted octanol–water partition coefficient (Wildman–Crippen LogP) is 0.438. The highest BCUT2D eigenvalue weighted by molar-refractivity contribution is 7.82. The lowest BCUT2D eigenvalue weighted by atomic mass is 9.72. The molecular formula is C8H13NO4S. The summed E-state index contributed by atoms with van der Waals surface area (Å²) in [6, 6.07) is 0. The van der Waals surface area contributed by atoms with E-state index >= 15 is 0 Å². The summed E-state index contributed by atoms with van der Waals surface area (Å²) >= 11 is 0. The van der Waals surface area contributed by atoms with Crippen molar-refractivity contribution in [3.63, 3.8) is 0 Å². The summed E-state index contributed by atoms with van der Waals surface area (Å²) in [6.45, 7) is 3.90. The van der Waals surface area contributed by atoms with Gasteiger partial charge in [0.05, 0.1) is 0 Å². The van der Waals surface area contributed by atoms with Crippen LogP contribution in [-0.2, 0) is 18.8 Å². The second-order valence-electron chi connectivity index (χ2n) is 4.76. The van der Waals surface area contributed by atoms with Gasteiger partial charge in [-0.05, 0) is 18.3 Å². The Balaban J connectivity index is 1.90. The first-order chi connectivity index (χ1) is 6.43. The lowest BCUT2D eigenvalue weighted by Crippen LogP contribution is -2.70. The van der Waals surface area contributed by atoms with Gasteiger partial charge in [0, 0.05) is 19.5 Å². The molecule has 2 bridgehead atoms. The van der Waals surface area contributed by atoms with E-state index in [-0.39, 0.29) is 5.41 Å². The average molecular weight is 219 g/mol. The van der Waals surface area contributed by atoms with Crippen LogP contribution in [0.1, 0.15) is 26.2 Å². The number of hydrogen-bond donors (Lipinski definition) is 0. The van der Waals surface area contributed by atoms with E-state index in [1.165, 1.54) is 0 Å². The molecule has 5 nitrogen and oxygen atoms in total. The molecule has 4 fully saturated rings. The summed E-state index contributed by atoms with van der Waals surface area (Å²) < 4.78 is 31.6. The lowest BCUT2D eigenvalue weighted by molar-refractivity contribution is -0.330. The van der Waals surface area contributed by atoms with Gasteiger partial charge in [0.2, 0.25) is 0 Å². The van der Waals surface area contributed by atoms with Crippen molar-refractivity contribution in [3.8, 4) is 0 Å². The van der Waals surface area contributed by atoms with Gasteiger partial charge in [-0.15, -0.1) is 0 Å². The van der Waals surface area contributed by atoms with Crippen molar-refractivity contribution in [2.75, 3.05) is 13.1 Å². The van der Waals surface area contributed by atoms with E-state index in [0.29, 0.717) is 6.42 Å². The van der Waals surface area contributed by atoms with Crippen molar-refractivity contribution >= 4 is 10.4 Å². The Morgan fingerprint density at radius 2 is 1.79 bits per heavy atom. The van der Waals surface area contributed by atoms with E-state index < -0.39 is 16.3 Å². The molecule has 4 aliphatic heterocycles. The van der Waals surface area contributed by atoms with Crippen LogP contribution < -0.4 is 0 Å².